The van der Waals surface area contributed by atoms with Gasteiger partial charge in [0.1, 0.15) is 0 Å². The zero-order valence-electron chi connectivity index (χ0n) is 10.5. The normalized spacial score (nSPS) is 18.4. The topological polar surface area (TPSA) is 68.0 Å². The maximum Gasteiger partial charge on any atom is 0.226 e. The lowest BCUT2D eigenvalue weighted by Gasteiger charge is -2.21. The fourth-order valence-corrected chi connectivity index (χ4v) is 4.26. The molecule has 4 nitrogen and oxygen atoms in total. The Hall–Kier alpha value is -0.590. The number of halogens is 1. The maximum absolute atomic E-state index is 11.7. The highest BCUT2D eigenvalue weighted by Crippen LogP contribution is 2.23. The number of carbonyl (C=O) groups excluding carboxylic acids is 1. The Kier molecular flexibility index (Phi) is 7.41. The van der Waals surface area contributed by atoms with Gasteiger partial charge in [-0.25, -0.2) is 0 Å². The summed E-state index contributed by atoms with van der Waals surface area (Å²) in [5.74, 6) is 3.57. The molecule has 7 heteroatoms. The number of anilines is 1. The number of rotatable bonds is 4. The van der Waals surface area contributed by atoms with Crippen LogP contribution < -0.4 is 11.1 Å². The van der Waals surface area contributed by atoms with Crippen LogP contribution in [-0.4, -0.2) is 39.9 Å². The van der Waals surface area contributed by atoms with E-state index in [4.69, 9.17) is 5.73 Å². The minimum absolute atomic E-state index is 0. The van der Waals surface area contributed by atoms with Crippen molar-refractivity contribution in [1.29, 1.82) is 0 Å². The largest absolute Gasteiger partial charge is 0.397 e. The van der Waals surface area contributed by atoms with Crippen molar-refractivity contribution in [1.82, 2.24) is 10.3 Å². The molecule has 1 atom stereocenters. The van der Waals surface area contributed by atoms with Crippen LogP contribution in [0.2, 0.25) is 0 Å². The Morgan fingerprint density at radius 2 is 2.32 bits per heavy atom. The van der Waals surface area contributed by atoms with Crippen LogP contribution >= 0.6 is 35.9 Å². The van der Waals surface area contributed by atoms with E-state index in [1.165, 1.54) is 11.5 Å². The Balaban J connectivity index is 0.00000180. The minimum atomic E-state index is 0. The molecule has 1 aliphatic heterocycles. The van der Waals surface area contributed by atoms with Crippen molar-refractivity contribution in [3.8, 4) is 0 Å². The summed E-state index contributed by atoms with van der Waals surface area (Å²) in [6.07, 6.45) is 1.90. The van der Waals surface area contributed by atoms with Crippen molar-refractivity contribution in [3.05, 3.63) is 24.0 Å². The summed E-state index contributed by atoms with van der Waals surface area (Å²) in [7, 11) is 0. The van der Waals surface area contributed by atoms with Crippen LogP contribution in [0.4, 0.5) is 5.69 Å². The van der Waals surface area contributed by atoms with E-state index in [2.05, 4.69) is 10.3 Å². The average molecular weight is 320 g/mol. The Labute approximate surface area is 128 Å². The molecule has 2 heterocycles. The number of amides is 1. The van der Waals surface area contributed by atoms with Crippen molar-refractivity contribution in [2.75, 3.05) is 29.5 Å². The highest BCUT2D eigenvalue weighted by molar-refractivity contribution is 8.06. The molecular formula is C12H18ClN3OS2. The first-order valence-corrected chi connectivity index (χ1v) is 8.11. The lowest BCUT2D eigenvalue weighted by atomic mass is 10.2. The van der Waals surface area contributed by atoms with Gasteiger partial charge >= 0.3 is 0 Å². The number of nitrogens with one attached hydrogen (secondary N) is 1. The molecule has 0 spiro atoms. The van der Waals surface area contributed by atoms with Crippen LogP contribution in [0.25, 0.3) is 0 Å². The molecule has 0 radical (unpaired) electrons. The van der Waals surface area contributed by atoms with Gasteiger partial charge in [-0.2, -0.15) is 23.5 Å². The predicted octanol–water partition coefficient (Wildman–Crippen LogP) is 1.59. The molecule has 0 aromatic carbocycles. The molecule has 1 unspecified atom stereocenters. The van der Waals surface area contributed by atoms with E-state index >= 15 is 0 Å². The summed E-state index contributed by atoms with van der Waals surface area (Å²) in [5, 5.41) is 3.52. The summed E-state index contributed by atoms with van der Waals surface area (Å²) in [4.78, 5) is 15.9. The fraction of sp³-hybridized carbons (Fsp3) is 0.500. The van der Waals surface area contributed by atoms with E-state index < -0.39 is 0 Å². The van der Waals surface area contributed by atoms with Crippen molar-refractivity contribution in [3.63, 3.8) is 0 Å². The Morgan fingerprint density at radius 1 is 1.47 bits per heavy atom. The van der Waals surface area contributed by atoms with Crippen LogP contribution in [0.15, 0.2) is 18.3 Å². The lowest BCUT2D eigenvalue weighted by molar-refractivity contribution is -0.120. The molecule has 106 valence electrons. The first-order valence-electron chi connectivity index (χ1n) is 5.90. The third-order valence-electron chi connectivity index (χ3n) is 2.60. The van der Waals surface area contributed by atoms with Crippen LogP contribution in [0.3, 0.4) is 0 Å². The van der Waals surface area contributed by atoms with Crippen LogP contribution in [0.5, 0.6) is 0 Å². The SMILES string of the molecule is Cl.Nc1ccc(CC(=O)NCC2CSCCS2)nc1. The van der Waals surface area contributed by atoms with Crippen molar-refractivity contribution in [2.45, 2.75) is 11.7 Å². The lowest BCUT2D eigenvalue weighted by Crippen LogP contribution is -2.34. The maximum atomic E-state index is 11.7. The van der Waals surface area contributed by atoms with Gasteiger partial charge < -0.3 is 11.1 Å². The number of nitrogen functional groups attached to an aromatic ring is 1. The highest BCUT2D eigenvalue weighted by atomic mass is 35.5. The van der Waals surface area contributed by atoms with Crippen molar-refractivity contribution < 1.29 is 4.79 Å². The molecular weight excluding hydrogens is 302 g/mol. The number of nitrogens with two attached hydrogens (primary N) is 1. The average Bonchev–Trinajstić information content (AvgIpc) is 2.40. The first kappa shape index (κ1) is 16.5. The van der Waals surface area contributed by atoms with Crippen LogP contribution in [-0.2, 0) is 11.2 Å². The van der Waals surface area contributed by atoms with Crippen molar-refractivity contribution in [2.24, 2.45) is 0 Å². The fourth-order valence-electron chi connectivity index (χ4n) is 1.65. The smallest absolute Gasteiger partial charge is 0.226 e. The van der Waals surface area contributed by atoms with E-state index in [-0.39, 0.29) is 18.3 Å². The van der Waals surface area contributed by atoms with Gasteiger partial charge in [-0.3, -0.25) is 9.78 Å². The van der Waals surface area contributed by atoms with Gasteiger partial charge in [-0.05, 0) is 12.1 Å². The molecule has 1 aromatic heterocycles. The van der Waals surface area contributed by atoms with Gasteiger partial charge in [0.25, 0.3) is 0 Å². The Morgan fingerprint density at radius 3 is 2.95 bits per heavy atom. The second-order valence-electron chi connectivity index (χ2n) is 4.13. The van der Waals surface area contributed by atoms with E-state index in [1.54, 1.807) is 18.3 Å². The van der Waals surface area contributed by atoms with Gasteiger partial charge in [0.2, 0.25) is 5.91 Å². The second kappa shape index (κ2) is 8.55. The van der Waals surface area contributed by atoms with E-state index in [1.807, 2.05) is 23.5 Å². The number of nitrogens with zero attached hydrogens (tertiary/aromatic N) is 1. The van der Waals surface area contributed by atoms with E-state index in [0.717, 1.165) is 18.0 Å². The molecule has 0 aliphatic carbocycles. The van der Waals surface area contributed by atoms with Crippen LogP contribution in [0.1, 0.15) is 5.69 Å². The second-order valence-corrected chi connectivity index (χ2v) is 6.69. The third kappa shape index (κ3) is 5.93. The molecule has 0 bridgehead atoms. The third-order valence-corrected chi connectivity index (χ3v) is 5.45. The summed E-state index contributed by atoms with van der Waals surface area (Å²) >= 11 is 3.91. The van der Waals surface area contributed by atoms with Gasteiger partial charge in [-0.1, -0.05) is 0 Å². The van der Waals surface area contributed by atoms with Gasteiger partial charge in [0.05, 0.1) is 18.3 Å². The molecule has 19 heavy (non-hydrogen) atoms. The van der Waals surface area contributed by atoms with E-state index in [9.17, 15) is 4.79 Å². The van der Waals surface area contributed by atoms with Crippen molar-refractivity contribution >= 4 is 47.5 Å². The number of carbonyl (C=O) groups is 1. The highest BCUT2D eigenvalue weighted by Gasteiger charge is 2.15. The monoisotopic (exact) mass is 319 g/mol. The first-order chi connectivity index (χ1) is 8.74. The summed E-state index contributed by atoms with van der Waals surface area (Å²) in [6.45, 7) is 0.755. The van der Waals surface area contributed by atoms with Gasteiger partial charge in [0, 0.05) is 34.7 Å². The number of thioether (sulfide) groups is 2. The summed E-state index contributed by atoms with van der Waals surface area (Å²) < 4.78 is 0. The van der Waals surface area contributed by atoms with Crippen LogP contribution in [0, 0.1) is 0 Å². The molecule has 2 rings (SSSR count). The molecule has 1 fully saturated rings. The predicted molar refractivity (Wildman–Crippen MR) is 86.2 cm³/mol. The molecule has 1 saturated heterocycles. The number of aromatic nitrogens is 1. The quantitative estimate of drug-likeness (QED) is 0.882. The zero-order chi connectivity index (χ0) is 12.8. The standard InChI is InChI=1S/C12H17N3OS2.ClH/c13-9-1-2-10(14-6-9)5-12(16)15-7-11-8-17-3-4-18-11;/h1-2,6,11H,3-5,7-8,13H2,(H,15,16);1H. The Bertz CT molecular complexity index is 396. The minimum Gasteiger partial charge on any atom is -0.397 e. The van der Waals surface area contributed by atoms with Gasteiger partial charge in [-0.15, -0.1) is 12.4 Å². The molecule has 0 saturated carbocycles. The number of pyridine rings is 1. The zero-order valence-corrected chi connectivity index (χ0v) is 13.0. The number of hydrogen-bond donors (Lipinski definition) is 2. The molecule has 1 aliphatic rings. The van der Waals surface area contributed by atoms with Gasteiger partial charge in [0.15, 0.2) is 0 Å². The summed E-state index contributed by atoms with van der Waals surface area (Å²) in [6, 6.07) is 3.56. The molecule has 1 aromatic rings. The molecule has 3 N–H and O–H groups in total. The summed E-state index contributed by atoms with van der Waals surface area (Å²) in [5.41, 5.74) is 6.92. The van der Waals surface area contributed by atoms with E-state index in [0.29, 0.717) is 17.4 Å². The number of hydrogen-bond acceptors (Lipinski definition) is 5. The molecule has 1 amide bonds.